The number of guanidine groups is 1. The lowest BCUT2D eigenvalue weighted by Crippen LogP contribution is -2.42. The molecule has 28 heavy (non-hydrogen) atoms. The number of nitrogens with zero attached hydrogens (tertiary/aromatic N) is 2. The van der Waals surface area contributed by atoms with Gasteiger partial charge in [-0.1, -0.05) is 0 Å². The molecule has 0 amide bonds. The molecule has 0 bridgehead atoms. The Labute approximate surface area is 189 Å². The molecule has 6 nitrogen and oxygen atoms in total. The van der Waals surface area contributed by atoms with Gasteiger partial charge in [-0.15, -0.1) is 24.0 Å². The number of halogens is 1. The summed E-state index contributed by atoms with van der Waals surface area (Å²) in [6.45, 7) is 15.3. The smallest absolute Gasteiger partial charge is 0.191 e. The topological polar surface area (TPSA) is 58.1 Å². The molecule has 2 aliphatic heterocycles. The summed E-state index contributed by atoms with van der Waals surface area (Å²) in [5.41, 5.74) is 0. The second kappa shape index (κ2) is 15.7. The first-order chi connectivity index (χ1) is 13.2. The second-order valence-corrected chi connectivity index (χ2v) is 8.23. The van der Waals surface area contributed by atoms with Crippen molar-refractivity contribution in [2.75, 3.05) is 59.2 Å². The minimum Gasteiger partial charge on any atom is -0.381 e. The van der Waals surface area contributed by atoms with E-state index in [1.165, 1.54) is 25.9 Å². The minimum absolute atomic E-state index is 0. The molecular formula is C21H43IN4O2. The number of nitrogens with one attached hydrogen (secondary N) is 2. The first-order valence-electron chi connectivity index (χ1n) is 11.1. The van der Waals surface area contributed by atoms with Gasteiger partial charge in [0.15, 0.2) is 5.96 Å². The maximum atomic E-state index is 5.84. The Morgan fingerprint density at radius 3 is 2.68 bits per heavy atom. The normalized spacial score (nSPS) is 22.1. The molecule has 2 saturated heterocycles. The number of aliphatic imine (C=N–C) groups is 1. The number of piperidine rings is 1. The van der Waals surface area contributed by atoms with Crippen LogP contribution in [-0.4, -0.2) is 76.1 Å². The summed E-state index contributed by atoms with van der Waals surface area (Å²) >= 11 is 0. The average Bonchev–Trinajstić information content (AvgIpc) is 2.69. The highest BCUT2D eigenvalue weighted by Gasteiger charge is 2.21. The van der Waals surface area contributed by atoms with Gasteiger partial charge in [0.2, 0.25) is 0 Å². The van der Waals surface area contributed by atoms with E-state index >= 15 is 0 Å². The van der Waals surface area contributed by atoms with Crippen LogP contribution < -0.4 is 10.6 Å². The Balaban J connectivity index is 0.00000392. The van der Waals surface area contributed by atoms with Crippen molar-refractivity contribution in [1.29, 1.82) is 0 Å². The van der Waals surface area contributed by atoms with Crippen molar-refractivity contribution in [1.82, 2.24) is 15.5 Å². The van der Waals surface area contributed by atoms with Crippen molar-refractivity contribution >= 4 is 29.9 Å². The lowest BCUT2D eigenvalue weighted by molar-refractivity contribution is 0.0203. The minimum atomic E-state index is 0. The Hall–Kier alpha value is -0.120. The standard InChI is InChI=1S/C21H42N4O2.HI/c1-4-22-21(24-15-20-7-5-11-25(16-20)18(2)3)23-10-6-12-27-17-19-8-13-26-14-9-19;/h18-20H,4-17H2,1-3H3,(H2,22,23,24);1H. The zero-order valence-electron chi connectivity index (χ0n) is 18.3. The molecule has 0 radical (unpaired) electrons. The summed E-state index contributed by atoms with van der Waals surface area (Å²) in [6.07, 6.45) is 5.90. The van der Waals surface area contributed by atoms with Crippen molar-refractivity contribution in [3.63, 3.8) is 0 Å². The van der Waals surface area contributed by atoms with Crippen LogP contribution in [0.2, 0.25) is 0 Å². The Morgan fingerprint density at radius 1 is 1.18 bits per heavy atom. The van der Waals surface area contributed by atoms with E-state index in [4.69, 9.17) is 14.5 Å². The monoisotopic (exact) mass is 510 g/mol. The van der Waals surface area contributed by atoms with Gasteiger partial charge in [0.05, 0.1) is 0 Å². The van der Waals surface area contributed by atoms with Crippen molar-refractivity contribution in [3.05, 3.63) is 0 Å². The predicted octanol–water partition coefficient (Wildman–Crippen LogP) is 3.11. The number of rotatable bonds is 10. The van der Waals surface area contributed by atoms with Crippen LogP contribution in [0.3, 0.4) is 0 Å². The Morgan fingerprint density at radius 2 is 1.96 bits per heavy atom. The zero-order chi connectivity index (χ0) is 19.3. The third-order valence-corrected chi connectivity index (χ3v) is 5.58. The molecule has 0 aromatic carbocycles. The summed E-state index contributed by atoms with van der Waals surface area (Å²) < 4.78 is 11.2. The van der Waals surface area contributed by atoms with Crippen LogP contribution in [0.25, 0.3) is 0 Å². The van der Waals surface area contributed by atoms with Gasteiger partial charge in [-0.25, -0.2) is 0 Å². The SMILES string of the molecule is CCNC(=NCC1CCCN(C(C)C)C1)NCCCOCC1CCOCC1.I. The van der Waals surface area contributed by atoms with Gasteiger partial charge in [0.1, 0.15) is 0 Å². The van der Waals surface area contributed by atoms with E-state index in [1.807, 2.05) is 0 Å². The molecule has 0 spiro atoms. The molecule has 0 saturated carbocycles. The molecule has 0 aliphatic carbocycles. The molecule has 0 aromatic heterocycles. The Kier molecular flexibility index (Phi) is 14.5. The number of hydrogen-bond acceptors (Lipinski definition) is 4. The third kappa shape index (κ3) is 10.6. The lowest BCUT2D eigenvalue weighted by atomic mass is 9.97. The predicted molar refractivity (Wildman–Crippen MR) is 128 cm³/mol. The van der Waals surface area contributed by atoms with E-state index in [9.17, 15) is 0 Å². The zero-order valence-corrected chi connectivity index (χ0v) is 20.6. The molecule has 2 rings (SSSR count). The highest BCUT2D eigenvalue weighted by Crippen LogP contribution is 2.18. The molecule has 2 fully saturated rings. The van der Waals surface area contributed by atoms with Crippen LogP contribution in [0.15, 0.2) is 4.99 Å². The van der Waals surface area contributed by atoms with Crippen molar-refractivity contribution in [2.24, 2.45) is 16.8 Å². The van der Waals surface area contributed by atoms with Gasteiger partial charge >= 0.3 is 0 Å². The summed E-state index contributed by atoms with van der Waals surface area (Å²) in [4.78, 5) is 7.42. The van der Waals surface area contributed by atoms with Gasteiger partial charge in [-0.3, -0.25) is 4.99 Å². The van der Waals surface area contributed by atoms with E-state index in [2.05, 4.69) is 36.3 Å². The van der Waals surface area contributed by atoms with Gasteiger partial charge in [0.25, 0.3) is 0 Å². The van der Waals surface area contributed by atoms with Crippen LogP contribution >= 0.6 is 24.0 Å². The second-order valence-electron chi connectivity index (χ2n) is 8.23. The van der Waals surface area contributed by atoms with Crippen LogP contribution in [0, 0.1) is 11.8 Å². The first-order valence-corrected chi connectivity index (χ1v) is 11.1. The van der Waals surface area contributed by atoms with Crippen molar-refractivity contribution in [2.45, 2.75) is 58.9 Å². The molecule has 7 heteroatoms. The highest BCUT2D eigenvalue weighted by atomic mass is 127. The molecule has 2 aliphatic rings. The fourth-order valence-electron chi connectivity index (χ4n) is 3.82. The van der Waals surface area contributed by atoms with E-state index in [1.54, 1.807) is 0 Å². The highest BCUT2D eigenvalue weighted by molar-refractivity contribution is 14.0. The van der Waals surface area contributed by atoms with E-state index < -0.39 is 0 Å². The molecule has 0 aromatic rings. The van der Waals surface area contributed by atoms with Crippen LogP contribution in [0.1, 0.15) is 52.9 Å². The van der Waals surface area contributed by atoms with E-state index in [0.29, 0.717) is 17.9 Å². The summed E-state index contributed by atoms with van der Waals surface area (Å²) in [5, 5.41) is 6.83. The largest absolute Gasteiger partial charge is 0.381 e. The molecule has 1 unspecified atom stereocenters. The molecule has 2 N–H and O–H groups in total. The summed E-state index contributed by atoms with van der Waals surface area (Å²) in [7, 11) is 0. The fraction of sp³-hybridized carbons (Fsp3) is 0.952. The van der Waals surface area contributed by atoms with Gasteiger partial charge in [0, 0.05) is 58.6 Å². The van der Waals surface area contributed by atoms with Crippen molar-refractivity contribution < 1.29 is 9.47 Å². The summed E-state index contributed by atoms with van der Waals surface area (Å²) in [6, 6.07) is 0.643. The summed E-state index contributed by atoms with van der Waals surface area (Å²) in [5.74, 6) is 2.31. The van der Waals surface area contributed by atoms with Gasteiger partial charge < -0.3 is 25.0 Å². The van der Waals surface area contributed by atoms with Crippen molar-refractivity contribution in [3.8, 4) is 0 Å². The fourth-order valence-corrected chi connectivity index (χ4v) is 3.82. The molecular weight excluding hydrogens is 467 g/mol. The maximum absolute atomic E-state index is 5.84. The molecule has 166 valence electrons. The number of ether oxygens (including phenoxy) is 2. The first kappa shape index (κ1) is 25.9. The number of likely N-dealkylation sites (tertiary alicyclic amines) is 1. The van der Waals surface area contributed by atoms with Crippen LogP contribution in [0.5, 0.6) is 0 Å². The van der Waals surface area contributed by atoms with Crippen LogP contribution in [-0.2, 0) is 9.47 Å². The number of hydrogen-bond donors (Lipinski definition) is 2. The van der Waals surface area contributed by atoms with Gasteiger partial charge in [-0.05, 0) is 71.3 Å². The van der Waals surface area contributed by atoms with Gasteiger partial charge in [-0.2, -0.15) is 0 Å². The van der Waals surface area contributed by atoms with E-state index in [0.717, 1.165) is 71.3 Å². The average molecular weight is 511 g/mol. The third-order valence-electron chi connectivity index (χ3n) is 5.58. The lowest BCUT2D eigenvalue weighted by Gasteiger charge is -2.34. The Bertz CT molecular complexity index is 417. The quantitative estimate of drug-likeness (QED) is 0.205. The van der Waals surface area contributed by atoms with E-state index in [-0.39, 0.29) is 24.0 Å². The van der Waals surface area contributed by atoms with Crippen LogP contribution in [0.4, 0.5) is 0 Å². The maximum Gasteiger partial charge on any atom is 0.191 e. The molecule has 1 atom stereocenters. The molecule has 2 heterocycles.